The molecule has 0 aliphatic rings. The van der Waals surface area contributed by atoms with Gasteiger partial charge in [-0.3, -0.25) is 4.79 Å². The van der Waals surface area contributed by atoms with E-state index in [1.54, 1.807) is 11.9 Å². The fraction of sp³-hybridized carbons (Fsp3) is 0.235. The van der Waals surface area contributed by atoms with E-state index in [2.05, 4.69) is 0 Å². The summed E-state index contributed by atoms with van der Waals surface area (Å²) in [6, 6.07) is 17.3. The maximum atomic E-state index is 12.3. The molecule has 0 saturated carbocycles. The van der Waals surface area contributed by atoms with Gasteiger partial charge in [-0.2, -0.15) is 0 Å². The summed E-state index contributed by atoms with van der Waals surface area (Å²) in [4.78, 5) is 13.9. The minimum atomic E-state index is -0.267. The van der Waals surface area contributed by atoms with E-state index in [1.807, 2.05) is 61.5 Å². The smallest absolute Gasteiger partial charge is 0.228 e. The molecular formula is C17H20N2O. The molecule has 0 radical (unpaired) electrons. The molecule has 3 heteroatoms. The molecule has 2 aromatic rings. The van der Waals surface area contributed by atoms with Crippen LogP contribution in [0.1, 0.15) is 23.6 Å². The number of nitrogens with two attached hydrogens (primary N) is 1. The zero-order chi connectivity index (χ0) is 14.5. The van der Waals surface area contributed by atoms with Gasteiger partial charge in [0.25, 0.3) is 0 Å². The number of carbonyl (C=O) groups excluding carboxylic acids is 1. The fourth-order valence-electron chi connectivity index (χ4n) is 2.06. The van der Waals surface area contributed by atoms with Crippen molar-refractivity contribution in [1.29, 1.82) is 0 Å². The van der Waals surface area contributed by atoms with Gasteiger partial charge in [-0.1, -0.05) is 48.0 Å². The number of nitrogens with zero attached hydrogens (tertiary/aromatic N) is 1. The molecule has 104 valence electrons. The largest absolute Gasteiger partial charge is 0.324 e. The van der Waals surface area contributed by atoms with Crippen molar-refractivity contribution in [3.8, 4) is 0 Å². The number of carbonyl (C=O) groups is 1. The Morgan fingerprint density at radius 3 is 2.30 bits per heavy atom. The topological polar surface area (TPSA) is 46.3 Å². The third-order valence-electron chi connectivity index (χ3n) is 3.42. The third kappa shape index (κ3) is 3.45. The van der Waals surface area contributed by atoms with Gasteiger partial charge in [-0.05, 0) is 24.6 Å². The van der Waals surface area contributed by atoms with Crippen molar-refractivity contribution in [3.63, 3.8) is 0 Å². The van der Waals surface area contributed by atoms with Crippen molar-refractivity contribution in [2.24, 2.45) is 5.73 Å². The van der Waals surface area contributed by atoms with Gasteiger partial charge < -0.3 is 10.6 Å². The average molecular weight is 268 g/mol. The van der Waals surface area contributed by atoms with Crippen LogP contribution in [0.3, 0.4) is 0 Å². The highest BCUT2D eigenvalue weighted by atomic mass is 16.2. The number of amides is 1. The van der Waals surface area contributed by atoms with E-state index in [4.69, 9.17) is 5.73 Å². The Balaban J connectivity index is 2.02. The Morgan fingerprint density at radius 1 is 1.10 bits per heavy atom. The molecule has 0 bridgehead atoms. The standard InChI is InChI=1S/C17H20N2O/c1-13-8-10-15(11-9-13)19(2)17(20)12-16(18)14-6-4-3-5-7-14/h3-11,16H,12,18H2,1-2H3/t16-/m0/s1. The van der Waals surface area contributed by atoms with Crippen molar-refractivity contribution in [3.05, 3.63) is 65.7 Å². The average Bonchev–Trinajstić information content (AvgIpc) is 2.48. The molecule has 20 heavy (non-hydrogen) atoms. The molecule has 2 aromatic carbocycles. The second-order valence-electron chi connectivity index (χ2n) is 5.01. The number of anilines is 1. The number of rotatable bonds is 4. The highest BCUT2D eigenvalue weighted by Crippen LogP contribution is 2.18. The predicted octanol–water partition coefficient (Wildman–Crippen LogP) is 3.05. The summed E-state index contributed by atoms with van der Waals surface area (Å²) < 4.78 is 0. The molecule has 2 N–H and O–H groups in total. The number of aryl methyl sites for hydroxylation is 1. The molecule has 0 spiro atoms. The summed E-state index contributed by atoms with van der Waals surface area (Å²) >= 11 is 0. The van der Waals surface area contributed by atoms with E-state index in [9.17, 15) is 4.79 Å². The van der Waals surface area contributed by atoms with E-state index < -0.39 is 0 Å². The minimum absolute atomic E-state index is 0.0187. The lowest BCUT2D eigenvalue weighted by atomic mass is 10.0. The van der Waals surface area contributed by atoms with E-state index in [-0.39, 0.29) is 11.9 Å². The summed E-state index contributed by atoms with van der Waals surface area (Å²) in [5.74, 6) is 0.0187. The maximum Gasteiger partial charge on any atom is 0.228 e. The van der Waals surface area contributed by atoms with Gasteiger partial charge in [0.1, 0.15) is 0 Å². The summed E-state index contributed by atoms with van der Waals surface area (Å²) in [6.45, 7) is 2.02. The monoisotopic (exact) mass is 268 g/mol. The SMILES string of the molecule is Cc1ccc(N(C)C(=O)C[C@H](N)c2ccccc2)cc1. The Hall–Kier alpha value is -2.13. The van der Waals surface area contributed by atoms with E-state index >= 15 is 0 Å². The third-order valence-corrected chi connectivity index (χ3v) is 3.42. The molecule has 0 aromatic heterocycles. The van der Waals surface area contributed by atoms with E-state index in [1.165, 1.54) is 5.56 Å². The van der Waals surface area contributed by atoms with Crippen LogP contribution in [-0.4, -0.2) is 13.0 Å². The molecule has 3 nitrogen and oxygen atoms in total. The van der Waals surface area contributed by atoms with Crippen LogP contribution in [0.15, 0.2) is 54.6 Å². The van der Waals surface area contributed by atoms with Gasteiger partial charge in [0.15, 0.2) is 0 Å². The van der Waals surface area contributed by atoms with Gasteiger partial charge in [-0.25, -0.2) is 0 Å². The molecule has 0 aliphatic carbocycles. The van der Waals surface area contributed by atoms with Gasteiger partial charge in [0.2, 0.25) is 5.91 Å². The summed E-state index contributed by atoms with van der Waals surface area (Å²) in [6.07, 6.45) is 0.300. The molecule has 0 aliphatic heterocycles. The van der Waals surface area contributed by atoms with E-state index in [0.717, 1.165) is 11.3 Å². The summed E-state index contributed by atoms with van der Waals surface area (Å²) in [7, 11) is 1.78. The number of hydrogen-bond acceptors (Lipinski definition) is 2. The summed E-state index contributed by atoms with van der Waals surface area (Å²) in [5, 5.41) is 0. The molecule has 0 fully saturated rings. The van der Waals surface area contributed by atoms with Crippen LogP contribution in [0.2, 0.25) is 0 Å². The normalized spacial score (nSPS) is 11.9. The van der Waals surface area contributed by atoms with Gasteiger partial charge in [0.05, 0.1) is 0 Å². The summed E-state index contributed by atoms with van der Waals surface area (Å²) in [5.41, 5.74) is 9.14. The first-order valence-corrected chi connectivity index (χ1v) is 6.71. The first-order valence-electron chi connectivity index (χ1n) is 6.71. The highest BCUT2D eigenvalue weighted by Gasteiger charge is 2.16. The lowest BCUT2D eigenvalue weighted by Crippen LogP contribution is -2.29. The first-order chi connectivity index (χ1) is 9.58. The second kappa shape index (κ2) is 6.35. The fourth-order valence-corrected chi connectivity index (χ4v) is 2.06. The van der Waals surface area contributed by atoms with Crippen molar-refractivity contribution < 1.29 is 4.79 Å². The van der Waals surface area contributed by atoms with Crippen molar-refractivity contribution in [1.82, 2.24) is 0 Å². The molecule has 1 atom stereocenters. The molecule has 2 rings (SSSR count). The van der Waals surface area contributed by atoms with Crippen molar-refractivity contribution in [2.75, 3.05) is 11.9 Å². The quantitative estimate of drug-likeness (QED) is 0.926. The van der Waals surface area contributed by atoms with Gasteiger partial charge in [0, 0.05) is 25.2 Å². The van der Waals surface area contributed by atoms with Crippen LogP contribution in [0.4, 0.5) is 5.69 Å². The van der Waals surface area contributed by atoms with Crippen LogP contribution in [0, 0.1) is 6.92 Å². The Bertz CT molecular complexity index is 563. The van der Waals surface area contributed by atoms with Crippen LogP contribution in [0.25, 0.3) is 0 Å². The Morgan fingerprint density at radius 2 is 1.70 bits per heavy atom. The number of benzene rings is 2. The lowest BCUT2D eigenvalue weighted by Gasteiger charge is -2.20. The van der Waals surface area contributed by atoms with Crippen molar-refractivity contribution in [2.45, 2.75) is 19.4 Å². The highest BCUT2D eigenvalue weighted by molar-refractivity contribution is 5.93. The van der Waals surface area contributed by atoms with Gasteiger partial charge >= 0.3 is 0 Å². The lowest BCUT2D eigenvalue weighted by molar-refractivity contribution is -0.118. The Kier molecular flexibility index (Phi) is 4.53. The number of hydrogen-bond donors (Lipinski definition) is 1. The van der Waals surface area contributed by atoms with Crippen LogP contribution < -0.4 is 10.6 Å². The van der Waals surface area contributed by atoms with E-state index in [0.29, 0.717) is 6.42 Å². The van der Waals surface area contributed by atoms with Gasteiger partial charge in [-0.15, -0.1) is 0 Å². The van der Waals surface area contributed by atoms with Crippen LogP contribution in [-0.2, 0) is 4.79 Å². The molecule has 0 unspecified atom stereocenters. The van der Waals surface area contributed by atoms with Crippen LogP contribution >= 0.6 is 0 Å². The first kappa shape index (κ1) is 14.3. The van der Waals surface area contributed by atoms with Crippen molar-refractivity contribution >= 4 is 11.6 Å². The molecule has 1 amide bonds. The minimum Gasteiger partial charge on any atom is -0.324 e. The zero-order valence-electron chi connectivity index (χ0n) is 11.9. The Labute approximate surface area is 120 Å². The second-order valence-corrected chi connectivity index (χ2v) is 5.01. The molecule has 0 heterocycles. The maximum absolute atomic E-state index is 12.3. The van der Waals surface area contributed by atoms with Crippen LogP contribution in [0.5, 0.6) is 0 Å². The predicted molar refractivity (Wildman–Crippen MR) is 82.6 cm³/mol. The zero-order valence-corrected chi connectivity index (χ0v) is 11.9. The molecule has 0 saturated heterocycles. The molecular weight excluding hydrogens is 248 g/mol.